The molecule has 1 amide bonds. The number of esters is 1. The first-order valence-electron chi connectivity index (χ1n) is 7.58. The second-order valence-corrected chi connectivity index (χ2v) is 6.45. The van der Waals surface area contributed by atoms with E-state index in [4.69, 9.17) is 9.26 Å². The van der Waals surface area contributed by atoms with Crippen LogP contribution in [0.1, 0.15) is 22.6 Å². The maximum Gasteiger partial charge on any atom is 0.316 e. The van der Waals surface area contributed by atoms with Crippen LogP contribution in [0.4, 0.5) is 10.1 Å². The van der Waals surface area contributed by atoms with E-state index in [9.17, 15) is 14.0 Å². The van der Waals surface area contributed by atoms with E-state index in [1.165, 1.54) is 17.8 Å². The lowest BCUT2D eigenvalue weighted by molar-refractivity contribution is -0.144. The molecule has 1 aromatic carbocycles. The minimum Gasteiger partial charge on any atom is -0.455 e. The maximum absolute atomic E-state index is 13.4. The SMILES string of the molecule is Cc1ccc(NC(=O)COC(=O)CSCc2c(C)noc2C)cc1F. The lowest BCUT2D eigenvalue weighted by Crippen LogP contribution is -2.21. The molecule has 6 nitrogen and oxygen atoms in total. The molecule has 8 heteroatoms. The number of nitrogens with one attached hydrogen (secondary N) is 1. The molecule has 0 aliphatic rings. The largest absolute Gasteiger partial charge is 0.455 e. The van der Waals surface area contributed by atoms with Gasteiger partial charge in [0.05, 0.1) is 11.4 Å². The standard InChI is InChI=1S/C17H19FN2O4S/c1-10-4-5-13(6-15(10)18)19-16(21)7-23-17(22)9-25-8-14-11(2)20-24-12(14)3/h4-6H,7-9H2,1-3H3,(H,19,21). The molecule has 1 N–H and O–H groups in total. The zero-order valence-corrected chi connectivity index (χ0v) is 15.0. The average Bonchev–Trinajstić information content (AvgIpc) is 2.88. The Hall–Kier alpha value is -2.35. The zero-order valence-electron chi connectivity index (χ0n) is 14.2. The molecule has 1 aromatic heterocycles. The summed E-state index contributed by atoms with van der Waals surface area (Å²) < 4.78 is 23.4. The molecule has 0 aliphatic heterocycles. The number of aromatic nitrogens is 1. The van der Waals surface area contributed by atoms with Gasteiger partial charge in [-0.25, -0.2) is 4.39 Å². The smallest absolute Gasteiger partial charge is 0.316 e. The van der Waals surface area contributed by atoms with Gasteiger partial charge in [0.15, 0.2) is 6.61 Å². The van der Waals surface area contributed by atoms with Crippen molar-refractivity contribution < 1.29 is 23.2 Å². The van der Waals surface area contributed by atoms with Crippen LogP contribution in [0.5, 0.6) is 0 Å². The highest BCUT2D eigenvalue weighted by molar-refractivity contribution is 7.99. The van der Waals surface area contributed by atoms with Crippen LogP contribution in [-0.2, 0) is 20.1 Å². The lowest BCUT2D eigenvalue weighted by atomic mass is 10.2. The van der Waals surface area contributed by atoms with Crippen molar-refractivity contribution in [2.75, 3.05) is 17.7 Å². The second-order valence-electron chi connectivity index (χ2n) is 5.47. The van der Waals surface area contributed by atoms with E-state index >= 15 is 0 Å². The summed E-state index contributed by atoms with van der Waals surface area (Å²) in [5.74, 6) is -0.0235. The first kappa shape index (κ1) is 19.0. The van der Waals surface area contributed by atoms with E-state index in [0.29, 0.717) is 17.0 Å². The fourth-order valence-corrected chi connectivity index (χ4v) is 2.97. The first-order valence-corrected chi connectivity index (χ1v) is 8.73. The van der Waals surface area contributed by atoms with Crippen LogP contribution < -0.4 is 5.32 Å². The number of ether oxygens (including phenoxy) is 1. The lowest BCUT2D eigenvalue weighted by Gasteiger charge is -2.07. The molecule has 2 rings (SSSR count). The van der Waals surface area contributed by atoms with Crippen LogP contribution in [0.25, 0.3) is 0 Å². The summed E-state index contributed by atoms with van der Waals surface area (Å²) in [7, 11) is 0. The Morgan fingerprint density at radius 1 is 1.32 bits per heavy atom. The van der Waals surface area contributed by atoms with Gasteiger partial charge in [0.1, 0.15) is 11.6 Å². The zero-order chi connectivity index (χ0) is 18.4. The summed E-state index contributed by atoms with van der Waals surface area (Å²) in [5, 5.41) is 6.32. The fraction of sp³-hybridized carbons (Fsp3) is 0.353. The number of anilines is 1. The van der Waals surface area contributed by atoms with E-state index in [-0.39, 0.29) is 5.75 Å². The normalized spacial score (nSPS) is 10.6. The quantitative estimate of drug-likeness (QED) is 0.758. The van der Waals surface area contributed by atoms with Gasteiger partial charge in [-0.15, -0.1) is 11.8 Å². The van der Waals surface area contributed by atoms with E-state index in [1.54, 1.807) is 19.1 Å². The summed E-state index contributed by atoms with van der Waals surface area (Å²) in [4.78, 5) is 23.4. The maximum atomic E-state index is 13.4. The third-order valence-electron chi connectivity index (χ3n) is 3.47. The minimum absolute atomic E-state index is 0.108. The number of halogens is 1. The van der Waals surface area contributed by atoms with Crippen molar-refractivity contribution in [1.82, 2.24) is 5.16 Å². The topological polar surface area (TPSA) is 81.4 Å². The van der Waals surface area contributed by atoms with Crippen molar-refractivity contribution in [3.63, 3.8) is 0 Å². The highest BCUT2D eigenvalue weighted by Crippen LogP contribution is 2.19. The predicted molar refractivity (Wildman–Crippen MR) is 92.9 cm³/mol. The van der Waals surface area contributed by atoms with Crippen molar-refractivity contribution in [1.29, 1.82) is 0 Å². The summed E-state index contributed by atoms with van der Waals surface area (Å²) in [6.45, 7) is 4.86. The van der Waals surface area contributed by atoms with Crippen molar-refractivity contribution in [2.45, 2.75) is 26.5 Å². The van der Waals surface area contributed by atoms with Gasteiger partial charge < -0.3 is 14.6 Å². The summed E-state index contributed by atoms with van der Waals surface area (Å²) in [6, 6.07) is 4.36. The summed E-state index contributed by atoms with van der Waals surface area (Å²) >= 11 is 1.35. The highest BCUT2D eigenvalue weighted by Gasteiger charge is 2.12. The summed E-state index contributed by atoms with van der Waals surface area (Å²) in [5.41, 5.74) is 2.55. The molecule has 2 aromatic rings. The number of carbonyl (C=O) groups excluding carboxylic acids is 2. The fourth-order valence-electron chi connectivity index (χ4n) is 2.00. The number of nitrogens with zero attached hydrogens (tertiary/aromatic N) is 1. The molecule has 1 heterocycles. The number of aryl methyl sites for hydroxylation is 3. The van der Waals surface area contributed by atoms with Crippen molar-refractivity contribution in [3.05, 3.63) is 46.6 Å². The number of benzene rings is 1. The molecule has 0 saturated heterocycles. The van der Waals surface area contributed by atoms with Crippen LogP contribution in [0.3, 0.4) is 0 Å². The summed E-state index contributed by atoms with van der Waals surface area (Å²) in [6.07, 6.45) is 0. The van der Waals surface area contributed by atoms with E-state index in [2.05, 4.69) is 10.5 Å². The molecule has 134 valence electrons. The molecule has 0 atom stereocenters. The molecule has 0 radical (unpaired) electrons. The first-order chi connectivity index (χ1) is 11.9. The molecule has 0 fully saturated rings. The molecular formula is C17H19FN2O4S. The number of hydrogen-bond donors (Lipinski definition) is 1. The third-order valence-corrected chi connectivity index (χ3v) is 4.40. The van der Waals surface area contributed by atoms with Gasteiger partial charge in [0.2, 0.25) is 0 Å². The van der Waals surface area contributed by atoms with Gasteiger partial charge >= 0.3 is 5.97 Å². The Balaban J connectivity index is 1.70. The van der Waals surface area contributed by atoms with Gasteiger partial charge in [-0.05, 0) is 38.5 Å². The number of amides is 1. The second kappa shape index (κ2) is 8.66. The monoisotopic (exact) mass is 366 g/mol. The van der Waals surface area contributed by atoms with Crippen LogP contribution in [-0.4, -0.2) is 29.4 Å². The number of rotatable bonds is 7. The molecular weight excluding hydrogens is 347 g/mol. The van der Waals surface area contributed by atoms with Crippen molar-refractivity contribution in [2.24, 2.45) is 0 Å². The Labute approximate surface area is 149 Å². The van der Waals surface area contributed by atoms with Gasteiger partial charge in [-0.3, -0.25) is 9.59 Å². The Bertz CT molecular complexity index is 757. The van der Waals surface area contributed by atoms with Crippen LogP contribution in [0.15, 0.2) is 22.7 Å². The number of thioether (sulfide) groups is 1. The van der Waals surface area contributed by atoms with Crippen molar-refractivity contribution in [3.8, 4) is 0 Å². The molecule has 0 aliphatic carbocycles. The van der Waals surface area contributed by atoms with Crippen molar-refractivity contribution >= 4 is 29.3 Å². The van der Waals surface area contributed by atoms with Gasteiger partial charge in [-0.1, -0.05) is 11.2 Å². The number of hydrogen-bond acceptors (Lipinski definition) is 6. The van der Waals surface area contributed by atoms with E-state index in [0.717, 1.165) is 17.0 Å². The van der Waals surface area contributed by atoms with Gasteiger partial charge in [0.25, 0.3) is 5.91 Å². The van der Waals surface area contributed by atoms with Gasteiger partial charge in [0, 0.05) is 17.0 Å². The minimum atomic E-state index is -0.521. The molecule has 0 bridgehead atoms. The Morgan fingerprint density at radius 3 is 2.72 bits per heavy atom. The molecule has 0 spiro atoms. The van der Waals surface area contributed by atoms with Gasteiger partial charge in [-0.2, -0.15) is 0 Å². The molecule has 0 unspecified atom stereocenters. The van der Waals surface area contributed by atoms with Crippen LogP contribution >= 0.6 is 11.8 Å². The van der Waals surface area contributed by atoms with Crippen LogP contribution in [0.2, 0.25) is 0 Å². The highest BCUT2D eigenvalue weighted by atomic mass is 32.2. The Morgan fingerprint density at radius 2 is 2.08 bits per heavy atom. The molecule has 25 heavy (non-hydrogen) atoms. The van der Waals surface area contributed by atoms with Crippen LogP contribution in [0, 0.1) is 26.6 Å². The predicted octanol–water partition coefficient (Wildman–Crippen LogP) is 3.15. The third kappa shape index (κ3) is 5.60. The van der Waals surface area contributed by atoms with E-state index < -0.39 is 24.3 Å². The molecule has 0 saturated carbocycles. The number of carbonyl (C=O) groups is 2. The van der Waals surface area contributed by atoms with E-state index in [1.807, 2.05) is 13.8 Å². The average molecular weight is 366 g/mol. The Kier molecular flexibility index (Phi) is 6.58.